The molecule has 0 aromatic rings. The predicted molar refractivity (Wildman–Crippen MR) is 69.8 cm³/mol. The standard InChI is InChI=1S/C12H22O12/c13-1-3-5(15)7(17)9(19)11(22-3)24-12(21)10(20)8(18)6(16)4(2-14)23-12/h3-11,13-21H,1-2H2/t3-,4-,5-,6-,7+,8+,9+,10+,11+,12?/m0/s1. The summed E-state index contributed by atoms with van der Waals surface area (Å²) in [5.74, 6) is -3.01. The van der Waals surface area contributed by atoms with Crippen LogP contribution in [0.15, 0.2) is 0 Å². The molecule has 10 atom stereocenters. The van der Waals surface area contributed by atoms with E-state index in [4.69, 9.17) is 24.4 Å². The van der Waals surface area contributed by atoms with Crippen LogP contribution >= 0.6 is 0 Å². The van der Waals surface area contributed by atoms with E-state index in [1.54, 1.807) is 0 Å². The highest BCUT2D eigenvalue weighted by atomic mass is 16.9. The summed E-state index contributed by atoms with van der Waals surface area (Å²) in [7, 11) is 0. The zero-order valence-electron chi connectivity index (χ0n) is 12.4. The normalized spacial score (nSPS) is 53.1. The largest absolute Gasteiger partial charge is 0.394 e. The van der Waals surface area contributed by atoms with Gasteiger partial charge in [-0.05, 0) is 0 Å². The fourth-order valence-corrected chi connectivity index (χ4v) is 2.55. The van der Waals surface area contributed by atoms with E-state index in [1.807, 2.05) is 0 Å². The van der Waals surface area contributed by atoms with Gasteiger partial charge in [-0.15, -0.1) is 0 Å². The molecular formula is C12H22O12. The average Bonchev–Trinajstić information content (AvgIpc) is 2.57. The third-order valence-electron chi connectivity index (χ3n) is 4.06. The van der Waals surface area contributed by atoms with Crippen LogP contribution in [0.1, 0.15) is 0 Å². The number of hydrogen-bond donors (Lipinski definition) is 9. The first-order chi connectivity index (χ1) is 11.2. The lowest BCUT2D eigenvalue weighted by Crippen LogP contribution is -2.69. The molecule has 24 heavy (non-hydrogen) atoms. The molecule has 2 fully saturated rings. The Morgan fingerprint density at radius 3 is 1.83 bits per heavy atom. The first-order valence-electron chi connectivity index (χ1n) is 7.19. The van der Waals surface area contributed by atoms with Gasteiger partial charge in [0.1, 0.15) is 42.7 Å². The SMILES string of the molecule is OC[C@@H]1O[C@H](OC2(O)O[C@@H](CO)[C@H](O)[C@@H](O)[C@H]2O)[C@H](O)[C@H](O)[C@H]1O. The number of rotatable bonds is 4. The van der Waals surface area contributed by atoms with Gasteiger partial charge >= 0.3 is 5.97 Å². The summed E-state index contributed by atoms with van der Waals surface area (Å²) in [6.07, 6.45) is -16.1. The smallest absolute Gasteiger partial charge is 0.313 e. The Hall–Kier alpha value is -0.480. The van der Waals surface area contributed by atoms with E-state index < -0.39 is 74.3 Å². The molecule has 0 saturated carbocycles. The topological polar surface area (TPSA) is 210 Å². The summed E-state index contributed by atoms with van der Waals surface area (Å²) in [4.78, 5) is 0. The zero-order chi connectivity index (χ0) is 18.2. The summed E-state index contributed by atoms with van der Waals surface area (Å²) in [5, 5.41) is 86.7. The van der Waals surface area contributed by atoms with Crippen LogP contribution in [-0.2, 0) is 14.2 Å². The monoisotopic (exact) mass is 358 g/mol. The first kappa shape index (κ1) is 19.8. The summed E-state index contributed by atoms with van der Waals surface area (Å²) in [5.41, 5.74) is 0. The highest BCUT2D eigenvalue weighted by molar-refractivity contribution is 4.94. The Morgan fingerprint density at radius 1 is 0.750 bits per heavy atom. The van der Waals surface area contributed by atoms with Crippen LogP contribution in [0.2, 0.25) is 0 Å². The third-order valence-corrected chi connectivity index (χ3v) is 4.06. The van der Waals surface area contributed by atoms with E-state index in [1.165, 1.54) is 0 Å². The van der Waals surface area contributed by atoms with Crippen LogP contribution < -0.4 is 0 Å². The quantitative estimate of drug-likeness (QED) is 0.215. The van der Waals surface area contributed by atoms with Crippen molar-refractivity contribution in [2.45, 2.75) is 61.1 Å². The van der Waals surface area contributed by atoms with Crippen LogP contribution in [0.4, 0.5) is 0 Å². The molecule has 0 spiro atoms. The molecule has 2 aliphatic heterocycles. The van der Waals surface area contributed by atoms with Crippen molar-refractivity contribution in [1.82, 2.24) is 0 Å². The fraction of sp³-hybridized carbons (Fsp3) is 1.00. The van der Waals surface area contributed by atoms with E-state index in [0.717, 1.165) is 0 Å². The number of ether oxygens (including phenoxy) is 3. The van der Waals surface area contributed by atoms with Crippen LogP contribution in [-0.4, -0.2) is 120 Å². The van der Waals surface area contributed by atoms with Crippen molar-refractivity contribution in [2.24, 2.45) is 0 Å². The molecule has 0 amide bonds. The van der Waals surface area contributed by atoms with Crippen molar-refractivity contribution in [1.29, 1.82) is 0 Å². The zero-order valence-corrected chi connectivity index (χ0v) is 12.4. The van der Waals surface area contributed by atoms with Gasteiger partial charge in [-0.1, -0.05) is 0 Å². The number of aliphatic hydroxyl groups excluding tert-OH is 8. The summed E-state index contributed by atoms with van der Waals surface area (Å²) >= 11 is 0. The molecule has 142 valence electrons. The minimum atomic E-state index is -3.01. The van der Waals surface area contributed by atoms with E-state index >= 15 is 0 Å². The van der Waals surface area contributed by atoms with Crippen molar-refractivity contribution < 1.29 is 60.2 Å². The molecule has 12 nitrogen and oxygen atoms in total. The van der Waals surface area contributed by atoms with Gasteiger partial charge in [0.05, 0.1) is 13.2 Å². The van der Waals surface area contributed by atoms with Crippen LogP contribution in [0.3, 0.4) is 0 Å². The van der Waals surface area contributed by atoms with E-state index in [9.17, 15) is 35.7 Å². The first-order valence-corrected chi connectivity index (χ1v) is 7.19. The Kier molecular flexibility index (Phi) is 6.12. The maximum Gasteiger partial charge on any atom is 0.313 e. The Morgan fingerprint density at radius 2 is 1.29 bits per heavy atom. The lowest BCUT2D eigenvalue weighted by molar-refractivity contribution is -0.488. The van der Waals surface area contributed by atoms with Crippen molar-refractivity contribution in [3.8, 4) is 0 Å². The van der Waals surface area contributed by atoms with Gasteiger partial charge in [-0.3, -0.25) is 4.74 Å². The minimum Gasteiger partial charge on any atom is -0.394 e. The van der Waals surface area contributed by atoms with Crippen LogP contribution in [0.5, 0.6) is 0 Å². The Bertz CT molecular complexity index is 419. The third kappa shape index (κ3) is 3.41. The molecule has 2 heterocycles. The molecule has 9 N–H and O–H groups in total. The van der Waals surface area contributed by atoms with Crippen molar-refractivity contribution in [3.05, 3.63) is 0 Å². The molecule has 0 aromatic heterocycles. The maximum absolute atomic E-state index is 10.2. The van der Waals surface area contributed by atoms with Gasteiger partial charge in [0.25, 0.3) is 0 Å². The van der Waals surface area contributed by atoms with Crippen molar-refractivity contribution in [2.75, 3.05) is 13.2 Å². The second kappa shape index (κ2) is 7.41. The lowest BCUT2D eigenvalue weighted by Gasteiger charge is -2.48. The second-order valence-electron chi connectivity index (χ2n) is 5.71. The fourth-order valence-electron chi connectivity index (χ4n) is 2.55. The molecule has 12 heteroatoms. The number of hydrogen-bond acceptors (Lipinski definition) is 12. The lowest BCUT2D eigenvalue weighted by atomic mass is 9.97. The van der Waals surface area contributed by atoms with Gasteiger partial charge in [0, 0.05) is 0 Å². The molecule has 2 rings (SSSR count). The predicted octanol–water partition coefficient (Wildman–Crippen LogP) is -6.08. The molecule has 2 saturated heterocycles. The average molecular weight is 358 g/mol. The maximum atomic E-state index is 10.2. The van der Waals surface area contributed by atoms with E-state index in [2.05, 4.69) is 0 Å². The van der Waals surface area contributed by atoms with Gasteiger partial charge in [-0.2, -0.15) is 0 Å². The summed E-state index contributed by atoms with van der Waals surface area (Å²) < 4.78 is 14.7. The summed E-state index contributed by atoms with van der Waals surface area (Å²) in [6.45, 7) is -1.60. The van der Waals surface area contributed by atoms with Crippen molar-refractivity contribution >= 4 is 0 Å². The van der Waals surface area contributed by atoms with Crippen LogP contribution in [0, 0.1) is 0 Å². The summed E-state index contributed by atoms with van der Waals surface area (Å²) in [6, 6.07) is 0. The molecular weight excluding hydrogens is 336 g/mol. The molecule has 2 aliphatic rings. The van der Waals surface area contributed by atoms with Crippen LogP contribution in [0.25, 0.3) is 0 Å². The minimum absolute atomic E-state index is 0.757. The highest BCUT2D eigenvalue weighted by Crippen LogP contribution is 2.33. The molecule has 0 bridgehead atoms. The molecule has 0 aromatic carbocycles. The van der Waals surface area contributed by atoms with Crippen molar-refractivity contribution in [3.63, 3.8) is 0 Å². The molecule has 1 unspecified atom stereocenters. The highest BCUT2D eigenvalue weighted by Gasteiger charge is 2.57. The second-order valence-corrected chi connectivity index (χ2v) is 5.71. The van der Waals surface area contributed by atoms with Gasteiger partial charge in [-0.25, -0.2) is 0 Å². The van der Waals surface area contributed by atoms with E-state index in [0.29, 0.717) is 0 Å². The van der Waals surface area contributed by atoms with Gasteiger partial charge in [0.15, 0.2) is 12.4 Å². The molecule has 0 radical (unpaired) electrons. The molecule has 0 aliphatic carbocycles. The Labute approximate surface area is 135 Å². The van der Waals surface area contributed by atoms with Gasteiger partial charge < -0.3 is 55.4 Å². The Balaban J connectivity index is 2.18. The van der Waals surface area contributed by atoms with Gasteiger partial charge in [0.2, 0.25) is 0 Å². The number of aliphatic hydroxyl groups is 9. The van der Waals surface area contributed by atoms with E-state index in [-0.39, 0.29) is 0 Å².